The minimum atomic E-state index is -0.359. The Morgan fingerprint density at radius 3 is 2.29 bits per heavy atom. The van der Waals surface area contributed by atoms with E-state index >= 15 is 0 Å². The van der Waals surface area contributed by atoms with Crippen LogP contribution in [0.3, 0.4) is 0 Å². The SMILES string of the molecule is O=C(Cn1nc2ccccn2c1=O)Nc1ccc(N=Nc2ccccc2)cc1. The molecule has 1 amide bonds. The summed E-state index contributed by atoms with van der Waals surface area (Å²) in [6.45, 7) is -0.171. The molecule has 0 bridgehead atoms. The van der Waals surface area contributed by atoms with Crippen LogP contribution in [0.5, 0.6) is 0 Å². The fourth-order valence-corrected chi connectivity index (χ4v) is 2.63. The molecular formula is C20H16N6O2. The highest BCUT2D eigenvalue weighted by Crippen LogP contribution is 2.20. The zero-order chi connectivity index (χ0) is 19.3. The molecule has 0 aliphatic heterocycles. The molecule has 8 heteroatoms. The van der Waals surface area contributed by atoms with E-state index < -0.39 is 0 Å². The number of rotatable bonds is 5. The number of aromatic nitrogens is 3. The highest BCUT2D eigenvalue weighted by atomic mass is 16.2. The Morgan fingerprint density at radius 2 is 1.57 bits per heavy atom. The lowest BCUT2D eigenvalue weighted by Gasteiger charge is -2.04. The molecule has 0 aliphatic rings. The predicted molar refractivity (Wildman–Crippen MR) is 105 cm³/mol. The van der Waals surface area contributed by atoms with Crippen molar-refractivity contribution in [3.63, 3.8) is 0 Å². The molecule has 0 saturated heterocycles. The summed E-state index contributed by atoms with van der Waals surface area (Å²) < 4.78 is 2.52. The highest BCUT2D eigenvalue weighted by Gasteiger charge is 2.10. The number of nitrogens with one attached hydrogen (secondary N) is 1. The Hall–Kier alpha value is -4.07. The van der Waals surface area contributed by atoms with Crippen LogP contribution in [0.2, 0.25) is 0 Å². The minimum Gasteiger partial charge on any atom is -0.324 e. The molecule has 0 radical (unpaired) electrons. The van der Waals surface area contributed by atoms with Crippen LogP contribution in [0, 0.1) is 0 Å². The van der Waals surface area contributed by atoms with Crippen LogP contribution in [-0.4, -0.2) is 20.1 Å². The van der Waals surface area contributed by atoms with Crippen LogP contribution >= 0.6 is 0 Å². The fourth-order valence-electron chi connectivity index (χ4n) is 2.63. The molecular weight excluding hydrogens is 356 g/mol. The first kappa shape index (κ1) is 17.3. The average Bonchev–Trinajstić information content (AvgIpc) is 3.04. The summed E-state index contributed by atoms with van der Waals surface area (Å²) in [5.74, 6) is -0.343. The maximum atomic E-state index is 12.2. The second kappa shape index (κ2) is 7.67. The van der Waals surface area contributed by atoms with Gasteiger partial charge in [0.25, 0.3) is 0 Å². The van der Waals surface area contributed by atoms with Crippen LogP contribution in [-0.2, 0) is 11.3 Å². The molecule has 0 fully saturated rings. The summed E-state index contributed by atoms with van der Waals surface area (Å²) in [5.41, 5.74) is 2.16. The summed E-state index contributed by atoms with van der Waals surface area (Å²) in [7, 11) is 0. The van der Waals surface area contributed by atoms with Gasteiger partial charge in [-0.3, -0.25) is 9.20 Å². The molecule has 2 heterocycles. The first-order chi connectivity index (χ1) is 13.7. The molecule has 0 atom stereocenters. The molecule has 2 aromatic heterocycles. The van der Waals surface area contributed by atoms with Crippen molar-refractivity contribution in [3.05, 3.63) is 89.5 Å². The van der Waals surface area contributed by atoms with Crippen molar-refractivity contribution in [2.24, 2.45) is 10.2 Å². The summed E-state index contributed by atoms with van der Waals surface area (Å²) >= 11 is 0. The van der Waals surface area contributed by atoms with Crippen molar-refractivity contribution in [2.45, 2.75) is 6.54 Å². The third-order valence-corrected chi connectivity index (χ3v) is 3.97. The van der Waals surface area contributed by atoms with E-state index in [0.717, 1.165) is 10.4 Å². The molecule has 0 spiro atoms. The van der Waals surface area contributed by atoms with Crippen molar-refractivity contribution in [3.8, 4) is 0 Å². The van der Waals surface area contributed by atoms with Gasteiger partial charge < -0.3 is 5.32 Å². The van der Waals surface area contributed by atoms with Crippen LogP contribution in [0.15, 0.2) is 94.0 Å². The van der Waals surface area contributed by atoms with E-state index in [-0.39, 0.29) is 18.1 Å². The van der Waals surface area contributed by atoms with Gasteiger partial charge in [-0.1, -0.05) is 24.3 Å². The van der Waals surface area contributed by atoms with Gasteiger partial charge in [0.2, 0.25) is 5.91 Å². The van der Waals surface area contributed by atoms with Gasteiger partial charge in [-0.15, -0.1) is 5.10 Å². The molecule has 0 aliphatic carbocycles. The van der Waals surface area contributed by atoms with Gasteiger partial charge >= 0.3 is 5.69 Å². The number of carbonyl (C=O) groups excluding carboxylic acids is 1. The number of anilines is 1. The van der Waals surface area contributed by atoms with Crippen molar-refractivity contribution in [1.82, 2.24) is 14.2 Å². The van der Waals surface area contributed by atoms with E-state index in [2.05, 4.69) is 20.6 Å². The molecule has 138 valence electrons. The molecule has 4 aromatic rings. The van der Waals surface area contributed by atoms with E-state index in [0.29, 0.717) is 17.0 Å². The molecule has 0 unspecified atom stereocenters. The number of hydrogen-bond acceptors (Lipinski definition) is 5. The maximum Gasteiger partial charge on any atom is 0.350 e. The monoisotopic (exact) mass is 372 g/mol. The number of benzene rings is 2. The number of hydrogen-bond donors (Lipinski definition) is 1. The number of pyridine rings is 1. The first-order valence-corrected chi connectivity index (χ1v) is 8.60. The third-order valence-electron chi connectivity index (χ3n) is 3.97. The van der Waals surface area contributed by atoms with Crippen LogP contribution in [0.25, 0.3) is 5.65 Å². The van der Waals surface area contributed by atoms with Gasteiger partial charge in [0.1, 0.15) is 6.54 Å². The summed E-state index contributed by atoms with van der Waals surface area (Å²) in [6, 6.07) is 21.6. The standard InChI is InChI=1S/C20H16N6O2/c27-19(14-26-20(28)25-13-5-4-8-18(25)24-26)21-15-9-11-17(12-10-15)23-22-16-6-2-1-3-7-16/h1-13H,14H2,(H,21,27). The smallest absolute Gasteiger partial charge is 0.324 e. The third kappa shape index (κ3) is 3.85. The summed E-state index contributed by atoms with van der Waals surface area (Å²) in [6.07, 6.45) is 1.61. The van der Waals surface area contributed by atoms with E-state index in [1.54, 1.807) is 48.7 Å². The topological polar surface area (TPSA) is 93.1 Å². The van der Waals surface area contributed by atoms with Crippen LogP contribution in [0.4, 0.5) is 17.1 Å². The lowest BCUT2D eigenvalue weighted by molar-refractivity contribution is -0.117. The number of fused-ring (bicyclic) bond motifs is 1. The molecule has 4 rings (SSSR count). The molecule has 0 saturated carbocycles. The van der Waals surface area contributed by atoms with Gasteiger partial charge in [-0.05, 0) is 48.5 Å². The normalized spacial score (nSPS) is 11.1. The maximum absolute atomic E-state index is 12.2. The van der Waals surface area contributed by atoms with Crippen molar-refractivity contribution in [2.75, 3.05) is 5.32 Å². The van der Waals surface area contributed by atoms with Crippen LogP contribution in [0.1, 0.15) is 0 Å². The van der Waals surface area contributed by atoms with E-state index in [1.807, 2.05) is 30.3 Å². The average molecular weight is 372 g/mol. The van der Waals surface area contributed by atoms with E-state index in [1.165, 1.54) is 4.40 Å². The van der Waals surface area contributed by atoms with Crippen molar-refractivity contribution < 1.29 is 4.79 Å². The zero-order valence-corrected chi connectivity index (χ0v) is 14.8. The number of carbonyl (C=O) groups is 1. The Morgan fingerprint density at radius 1 is 0.893 bits per heavy atom. The number of azo groups is 1. The van der Waals surface area contributed by atoms with Gasteiger partial charge in [-0.25, -0.2) is 9.48 Å². The van der Waals surface area contributed by atoms with E-state index in [9.17, 15) is 9.59 Å². The second-order valence-electron chi connectivity index (χ2n) is 6.00. The molecule has 28 heavy (non-hydrogen) atoms. The van der Waals surface area contributed by atoms with Gasteiger partial charge in [-0.2, -0.15) is 10.2 Å². The zero-order valence-electron chi connectivity index (χ0n) is 14.8. The van der Waals surface area contributed by atoms with Crippen LogP contribution < -0.4 is 11.0 Å². The van der Waals surface area contributed by atoms with Gasteiger partial charge in [0.15, 0.2) is 5.65 Å². The minimum absolute atomic E-state index is 0.171. The van der Waals surface area contributed by atoms with Gasteiger partial charge in [0, 0.05) is 11.9 Å². The van der Waals surface area contributed by atoms with Gasteiger partial charge in [0.05, 0.1) is 11.4 Å². The fraction of sp³-hybridized carbons (Fsp3) is 0.0500. The second-order valence-corrected chi connectivity index (χ2v) is 6.00. The lowest BCUT2D eigenvalue weighted by Crippen LogP contribution is -2.28. The number of nitrogens with zero attached hydrogens (tertiary/aromatic N) is 5. The quantitative estimate of drug-likeness (QED) is 0.543. The van der Waals surface area contributed by atoms with E-state index in [4.69, 9.17) is 0 Å². The Bertz CT molecular complexity index is 1190. The Labute approximate surface area is 159 Å². The summed E-state index contributed by atoms with van der Waals surface area (Å²) in [5, 5.41) is 15.2. The Balaban J connectivity index is 1.41. The molecule has 8 nitrogen and oxygen atoms in total. The Kier molecular flexibility index (Phi) is 4.75. The molecule has 2 aromatic carbocycles. The highest BCUT2D eigenvalue weighted by molar-refractivity contribution is 5.90. The predicted octanol–water partition coefficient (Wildman–Crippen LogP) is 3.55. The number of amides is 1. The molecule has 1 N–H and O–H groups in total. The van der Waals surface area contributed by atoms with Crippen molar-refractivity contribution >= 4 is 28.6 Å². The summed E-state index contributed by atoms with van der Waals surface area (Å²) in [4.78, 5) is 24.5. The largest absolute Gasteiger partial charge is 0.350 e. The first-order valence-electron chi connectivity index (χ1n) is 8.60. The lowest BCUT2D eigenvalue weighted by atomic mass is 10.3. The van der Waals surface area contributed by atoms with Crippen molar-refractivity contribution in [1.29, 1.82) is 0 Å².